The highest BCUT2D eigenvalue weighted by molar-refractivity contribution is 5.68. The van der Waals surface area contributed by atoms with Crippen molar-refractivity contribution in [3.8, 4) is 6.07 Å². The van der Waals surface area contributed by atoms with Gasteiger partial charge >= 0.3 is 0 Å². The van der Waals surface area contributed by atoms with Crippen molar-refractivity contribution in [1.29, 1.82) is 5.26 Å². The summed E-state index contributed by atoms with van der Waals surface area (Å²) in [5, 5.41) is 12.2. The fraction of sp³-hybridized carbons (Fsp3) is 0.562. The van der Waals surface area contributed by atoms with Crippen molar-refractivity contribution in [2.24, 2.45) is 11.8 Å². The van der Waals surface area contributed by atoms with Crippen molar-refractivity contribution in [3.63, 3.8) is 0 Å². The van der Waals surface area contributed by atoms with E-state index in [0.29, 0.717) is 11.3 Å². The quantitative estimate of drug-likeness (QED) is 0.807. The molecule has 0 atom stereocenters. The molecule has 3 heteroatoms. The van der Waals surface area contributed by atoms with Gasteiger partial charge in [0.2, 0.25) is 0 Å². The third-order valence-electron chi connectivity index (χ3n) is 4.31. The Balaban J connectivity index is 1.85. The molecule has 3 nitrogen and oxygen atoms in total. The third-order valence-corrected chi connectivity index (χ3v) is 4.31. The largest absolute Gasteiger partial charge is 0.397 e. The van der Waals surface area contributed by atoms with E-state index >= 15 is 0 Å². The standard InChI is InChI=1S/C16H23N3/c1-2-12-3-5-13(6-4-12)11-19-16-8-7-14(10-17)9-15(16)18/h7-9,12-13,19H,2-6,11,18H2,1H3. The van der Waals surface area contributed by atoms with Crippen molar-refractivity contribution in [2.45, 2.75) is 39.0 Å². The van der Waals surface area contributed by atoms with E-state index in [1.807, 2.05) is 12.1 Å². The molecule has 19 heavy (non-hydrogen) atoms. The van der Waals surface area contributed by atoms with E-state index in [2.05, 4.69) is 18.3 Å². The van der Waals surface area contributed by atoms with E-state index in [-0.39, 0.29) is 0 Å². The number of nitrogens with two attached hydrogens (primary N) is 1. The lowest BCUT2D eigenvalue weighted by molar-refractivity contribution is 0.278. The Bertz CT molecular complexity index is 454. The van der Waals surface area contributed by atoms with Gasteiger partial charge < -0.3 is 11.1 Å². The molecule has 1 fully saturated rings. The topological polar surface area (TPSA) is 61.8 Å². The van der Waals surface area contributed by atoms with Crippen molar-refractivity contribution < 1.29 is 0 Å². The van der Waals surface area contributed by atoms with Crippen molar-refractivity contribution in [2.75, 3.05) is 17.6 Å². The summed E-state index contributed by atoms with van der Waals surface area (Å²) in [6.45, 7) is 3.28. The molecule has 102 valence electrons. The van der Waals surface area contributed by atoms with E-state index < -0.39 is 0 Å². The van der Waals surface area contributed by atoms with Gasteiger partial charge in [0.1, 0.15) is 0 Å². The lowest BCUT2D eigenvalue weighted by Gasteiger charge is -2.28. The highest BCUT2D eigenvalue weighted by Gasteiger charge is 2.19. The van der Waals surface area contributed by atoms with Crippen LogP contribution in [0.3, 0.4) is 0 Å². The summed E-state index contributed by atoms with van der Waals surface area (Å²) in [7, 11) is 0. The molecule has 2 rings (SSSR count). The summed E-state index contributed by atoms with van der Waals surface area (Å²) in [6, 6.07) is 7.56. The normalized spacial score (nSPS) is 22.7. The minimum Gasteiger partial charge on any atom is -0.397 e. The van der Waals surface area contributed by atoms with Gasteiger partial charge in [0.25, 0.3) is 0 Å². The maximum absolute atomic E-state index is 8.81. The average molecular weight is 257 g/mol. The zero-order valence-electron chi connectivity index (χ0n) is 11.7. The van der Waals surface area contributed by atoms with Crippen LogP contribution in [0.4, 0.5) is 11.4 Å². The van der Waals surface area contributed by atoms with Gasteiger partial charge in [-0.2, -0.15) is 5.26 Å². The number of nitrogen functional groups attached to an aromatic ring is 1. The van der Waals surface area contributed by atoms with Gasteiger partial charge in [0.05, 0.1) is 23.0 Å². The van der Waals surface area contributed by atoms with Crippen LogP contribution in [0, 0.1) is 23.2 Å². The van der Waals surface area contributed by atoms with Crippen LogP contribution in [-0.2, 0) is 0 Å². The van der Waals surface area contributed by atoms with Crippen LogP contribution in [0.5, 0.6) is 0 Å². The van der Waals surface area contributed by atoms with Gasteiger partial charge in [0.15, 0.2) is 0 Å². The maximum Gasteiger partial charge on any atom is 0.0992 e. The zero-order valence-corrected chi connectivity index (χ0v) is 11.7. The molecule has 0 radical (unpaired) electrons. The molecule has 0 saturated heterocycles. The minimum absolute atomic E-state index is 0.617. The van der Waals surface area contributed by atoms with E-state index in [9.17, 15) is 0 Å². The number of anilines is 2. The summed E-state index contributed by atoms with van der Waals surface area (Å²) >= 11 is 0. The van der Waals surface area contributed by atoms with Crippen LogP contribution >= 0.6 is 0 Å². The number of nitrogens with one attached hydrogen (secondary N) is 1. The first-order chi connectivity index (χ1) is 9.22. The number of nitrogens with zero attached hydrogens (tertiary/aromatic N) is 1. The Hall–Kier alpha value is -1.69. The predicted molar refractivity (Wildman–Crippen MR) is 79.8 cm³/mol. The molecule has 1 aliphatic rings. The van der Waals surface area contributed by atoms with E-state index in [1.54, 1.807) is 6.07 Å². The molecule has 0 amide bonds. The predicted octanol–water partition coefficient (Wildman–Crippen LogP) is 3.77. The van der Waals surface area contributed by atoms with E-state index in [4.69, 9.17) is 11.0 Å². The van der Waals surface area contributed by atoms with Crippen LogP contribution in [0.25, 0.3) is 0 Å². The molecule has 0 heterocycles. The lowest BCUT2D eigenvalue weighted by Crippen LogP contribution is -2.21. The molecular formula is C16H23N3. The third kappa shape index (κ3) is 3.64. The molecular weight excluding hydrogens is 234 g/mol. The highest BCUT2D eigenvalue weighted by atomic mass is 14.9. The zero-order chi connectivity index (χ0) is 13.7. The molecule has 3 N–H and O–H groups in total. The van der Waals surface area contributed by atoms with Gasteiger partial charge in [-0.25, -0.2) is 0 Å². The molecule has 1 aromatic rings. The molecule has 0 spiro atoms. The lowest BCUT2D eigenvalue weighted by atomic mass is 9.81. The molecule has 0 aliphatic heterocycles. The summed E-state index contributed by atoms with van der Waals surface area (Å²) in [4.78, 5) is 0. The van der Waals surface area contributed by atoms with Crippen LogP contribution in [0.15, 0.2) is 18.2 Å². The molecule has 1 saturated carbocycles. The Labute approximate surface area is 115 Å². The van der Waals surface area contributed by atoms with Gasteiger partial charge in [-0.15, -0.1) is 0 Å². The van der Waals surface area contributed by atoms with E-state index in [1.165, 1.54) is 32.1 Å². The monoisotopic (exact) mass is 257 g/mol. The van der Waals surface area contributed by atoms with Crippen molar-refractivity contribution >= 4 is 11.4 Å². The van der Waals surface area contributed by atoms with Gasteiger partial charge in [0, 0.05) is 6.54 Å². The van der Waals surface area contributed by atoms with Crippen LogP contribution in [0.2, 0.25) is 0 Å². The molecule has 1 aromatic carbocycles. The number of benzene rings is 1. The minimum atomic E-state index is 0.617. The second-order valence-corrected chi connectivity index (χ2v) is 5.59. The van der Waals surface area contributed by atoms with Crippen LogP contribution in [0.1, 0.15) is 44.6 Å². The number of nitriles is 1. The summed E-state index contributed by atoms with van der Waals surface area (Å²) in [5.41, 5.74) is 8.18. The Morgan fingerprint density at radius 1 is 1.26 bits per heavy atom. The van der Waals surface area contributed by atoms with Crippen molar-refractivity contribution in [1.82, 2.24) is 0 Å². The van der Waals surface area contributed by atoms with Gasteiger partial charge in [-0.1, -0.05) is 26.2 Å². The fourth-order valence-corrected chi connectivity index (χ4v) is 2.89. The summed E-state index contributed by atoms with van der Waals surface area (Å²) in [6.07, 6.45) is 6.70. The Kier molecular flexibility index (Phi) is 4.68. The molecule has 0 unspecified atom stereocenters. The first kappa shape index (κ1) is 13.7. The number of hydrogen-bond donors (Lipinski definition) is 2. The number of rotatable bonds is 4. The highest BCUT2D eigenvalue weighted by Crippen LogP contribution is 2.31. The maximum atomic E-state index is 8.81. The van der Waals surface area contributed by atoms with E-state index in [0.717, 1.165) is 24.1 Å². The summed E-state index contributed by atoms with van der Waals surface area (Å²) in [5.74, 6) is 1.70. The summed E-state index contributed by atoms with van der Waals surface area (Å²) < 4.78 is 0. The Morgan fingerprint density at radius 2 is 1.95 bits per heavy atom. The van der Waals surface area contributed by atoms with Gasteiger partial charge in [-0.3, -0.25) is 0 Å². The number of hydrogen-bond acceptors (Lipinski definition) is 3. The smallest absolute Gasteiger partial charge is 0.0992 e. The SMILES string of the molecule is CCC1CCC(CNc2ccc(C#N)cc2N)CC1. The van der Waals surface area contributed by atoms with Crippen molar-refractivity contribution in [3.05, 3.63) is 23.8 Å². The molecule has 0 aromatic heterocycles. The average Bonchev–Trinajstić information content (AvgIpc) is 2.46. The second kappa shape index (κ2) is 6.47. The molecule has 0 bridgehead atoms. The first-order valence-electron chi connectivity index (χ1n) is 7.26. The fourth-order valence-electron chi connectivity index (χ4n) is 2.89. The van der Waals surface area contributed by atoms with Gasteiger partial charge in [-0.05, 0) is 42.9 Å². The Morgan fingerprint density at radius 3 is 2.53 bits per heavy atom. The molecule has 1 aliphatic carbocycles. The van der Waals surface area contributed by atoms with Crippen LogP contribution in [-0.4, -0.2) is 6.54 Å². The van der Waals surface area contributed by atoms with Crippen LogP contribution < -0.4 is 11.1 Å². The second-order valence-electron chi connectivity index (χ2n) is 5.59. The first-order valence-corrected chi connectivity index (χ1v) is 7.26.